The van der Waals surface area contributed by atoms with Gasteiger partial charge in [0.15, 0.2) is 0 Å². The fraction of sp³-hybridized carbons (Fsp3) is 0.294. The first-order valence-electron chi connectivity index (χ1n) is 7.22. The summed E-state index contributed by atoms with van der Waals surface area (Å²) in [6.45, 7) is 0.988. The standard InChI is InChI=1S/C17H19N3O/c1-20-10-8-13-5-2-3-7-15(13)16(20)11-17(21)19-14-6-4-9-18-12-14/h2-7,9,12,16H,8,10-11H2,1H3,(H,19,21)/t16-/m1/s1. The number of rotatable bonds is 3. The topological polar surface area (TPSA) is 45.2 Å². The highest BCUT2D eigenvalue weighted by Crippen LogP contribution is 2.31. The summed E-state index contributed by atoms with van der Waals surface area (Å²) in [7, 11) is 2.08. The molecule has 0 bridgehead atoms. The number of anilines is 1. The van der Waals surface area contributed by atoms with Gasteiger partial charge in [-0.05, 0) is 36.7 Å². The third-order valence-electron chi connectivity index (χ3n) is 4.00. The van der Waals surface area contributed by atoms with Crippen LogP contribution in [-0.4, -0.2) is 29.4 Å². The zero-order valence-electron chi connectivity index (χ0n) is 12.1. The predicted octanol–water partition coefficient (Wildman–Crippen LogP) is 2.64. The summed E-state index contributed by atoms with van der Waals surface area (Å²) < 4.78 is 0. The van der Waals surface area contributed by atoms with Gasteiger partial charge in [0, 0.05) is 25.2 Å². The van der Waals surface area contributed by atoms with Crippen LogP contribution in [0.3, 0.4) is 0 Å². The van der Waals surface area contributed by atoms with E-state index in [4.69, 9.17) is 0 Å². The zero-order chi connectivity index (χ0) is 14.7. The number of likely N-dealkylation sites (N-methyl/N-ethyl adjacent to an activating group) is 1. The molecule has 108 valence electrons. The van der Waals surface area contributed by atoms with E-state index in [1.165, 1.54) is 11.1 Å². The number of pyridine rings is 1. The van der Waals surface area contributed by atoms with Crippen molar-refractivity contribution in [2.24, 2.45) is 0 Å². The molecule has 0 spiro atoms. The third kappa shape index (κ3) is 3.11. The molecule has 0 saturated carbocycles. The molecular formula is C17H19N3O. The fourth-order valence-corrected chi connectivity index (χ4v) is 2.87. The van der Waals surface area contributed by atoms with Crippen LogP contribution in [0, 0.1) is 0 Å². The number of benzene rings is 1. The van der Waals surface area contributed by atoms with E-state index in [0.29, 0.717) is 6.42 Å². The van der Waals surface area contributed by atoms with Gasteiger partial charge in [0.1, 0.15) is 0 Å². The minimum atomic E-state index is 0.0246. The van der Waals surface area contributed by atoms with Crippen molar-refractivity contribution in [1.82, 2.24) is 9.88 Å². The Hall–Kier alpha value is -2.20. The molecule has 0 radical (unpaired) electrons. The molecule has 4 heteroatoms. The molecule has 1 atom stereocenters. The van der Waals surface area contributed by atoms with Crippen molar-refractivity contribution in [3.63, 3.8) is 0 Å². The second-order valence-electron chi connectivity index (χ2n) is 5.44. The van der Waals surface area contributed by atoms with Crippen molar-refractivity contribution in [3.8, 4) is 0 Å². The highest BCUT2D eigenvalue weighted by atomic mass is 16.1. The first-order valence-corrected chi connectivity index (χ1v) is 7.22. The fourth-order valence-electron chi connectivity index (χ4n) is 2.87. The van der Waals surface area contributed by atoms with Crippen molar-refractivity contribution >= 4 is 11.6 Å². The Morgan fingerprint density at radius 2 is 2.19 bits per heavy atom. The van der Waals surface area contributed by atoms with E-state index in [9.17, 15) is 4.79 Å². The number of hydrogen-bond acceptors (Lipinski definition) is 3. The van der Waals surface area contributed by atoms with E-state index < -0.39 is 0 Å². The van der Waals surface area contributed by atoms with Crippen LogP contribution in [0.15, 0.2) is 48.8 Å². The lowest BCUT2D eigenvalue weighted by molar-refractivity contribution is -0.117. The van der Waals surface area contributed by atoms with Crippen molar-refractivity contribution in [3.05, 3.63) is 59.9 Å². The van der Waals surface area contributed by atoms with Crippen LogP contribution >= 0.6 is 0 Å². The van der Waals surface area contributed by atoms with E-state index >= 15 is 0 Å². The molecule has 1 aromatic heterocycles. The number of amides is 1. The van der Waals surface area contributed by atoms with Crippen molar-refractivity contribution in [2.45, 2.75) is 18.9 Å². The van der Waals surface area contributed by atoms with Crippen LogP contribution in [-0.2, 0) is 11.2 Å². The van der Waals surface area contributed by atoms with E-state index in [-0.39, 0.29) is 11.9 Å². The van der Waals surface area contributed by atoms with Crippen molar-refractivity contribution in [2.75, 3.05) is 18.9 Å². The van der Waals surface area contributed by atoms with Crippen molar-refractivity contribution < 1.29 is 4.79 Å². The first-order chi connectivity index (χ1) is 10.2. The number of nitrogens with one attached hydrogen (secondary N) is 1. The smallest absolute Gasteiger partial charge is 0.226 e. The van der Waals surface area contributed by atoms with Crippen LogP contribution in [0.2, 0.25) is 0 Å². The average Bonchev–Trinajstić information content (AvgIpc) is 2.51. The number of fused-ring (bicyclic) bond motifs is 1. The summed E-state index contributed by atoms with van der Waals surface area (Å²) in [5, 5.41) is 2.91. The van der Waals surface area contributed by atoms with Gasteiger partial charge >= 0.3 is 0 Å². The summed E-state index contributed by atoms with van der Waals surface area (Å²) in [5.41, 5.74) is 3.37. The number of aromatic nitrogens is 1. The Kier molecular flexibility index (Phi) is 3.97. The number of nitrogens with zero attached hydrogens (tertiary/aromatic N) is 2. The number of hydrogen-bond donors (Lipinski definition) is 1. The lowest BCUT2D eigenvalue weighted by Crippen LogP contribution is -2.34. The zero-order valence-corrected chi connectivity index (χ0v) is 12.1. The van der Waals surface area contributed by atoms with Gasteiger partial charge in [-0.3, -0.25) is 14.7 Å². The summed E-state index contributed by atoms with van der Waals surface area (Å²) in [6, 6.07) is 12.2. The quantitative estimate of drug-likeness (QED) is 0.940. The monoisotopic (exact) mass is 281 g/mol. The lowest BCUT2D eigenvalue weighted by Gasteiger charge is -2.34. The molecule has 0 aliphatic carbocycles. The highest BCUT2D eigenvalue weighted by molar-refractivity contribution is 5.91. The molecule has 0 fully saturated rings. The van der Waals surface area contributed by atoms with Crippen LogP contribution in [0.5, 0.6) is 0 Å². The molecule has 1 N–H and O–H groups in total. The Morgan fingerprint density at radius 1 is 1.33 bits per heavy atom. The molecule has 2 aromatic rings. The number of carbonyl (C=O) groups is 1. The summed E-state index contributed by atoms with van der Waals surface area (Å²) >= 11 is 0. The maximum Gasteiger partial charge on any atom is 0.226 e. The van der Waals surface area contributed by atoms with E-state index in [2.05, 4.69) is 40.4 Å². The Balaban J connectivity index is 1.73. The largest absolute Gasteiger partial charge is 0.325 e. The maximum absolute atomic E-state index is 12.3. The average molecular weight is 281 g/mol. The van der Waals surface area contributed by atoms with Crippen LogP contribution in [0.25, 0.3) is 0 Å². The van der Waals surface area contributed by atoms with Gasteiger partial charge in [-0.15, -0.1) is 0 Å². The third-order valence-corrected chi connectivity index (χ3v) is 4.00. The molecule has 1 aliphatic heterocycles. The van der Waals surface area contributed by atoms with Gasteiger partial charge in [-0.1, -0.05) is 24.3 Å². The second kappa shape index (κ2) is 6.06. The molecular weight excluding hydrogens is 262 g/mol. The molecule has 0 unspecified atom stereocenters. The molecule has 1 aliphatic rings. The molecule has 21 heavy (non-hydrogen) atoms. The van der Waals surface area contributed by atoms with E-state index in [1.54, 1.807) is 12.4 Å². The van der Waals surface area contributed by atoms with Crippen molar-refractivity contribution in [1.29, 1.82) is 0 Å². The maximum atomic E-state index is 12.3. The summed E-state index contributed by atoms with van der Waals surface area (Å²) in [6.07, 6.45) is 4.87. The highest BCUT2D eigenvalue weighted by Gasteiger charge is 2.26. The predicted molar refractivity (Wildman–Crippen MR) is 83.0 cm³/mol. The van der Waals surface area contributed by atoms with Gasteiger partial charge in [0.25, 0.3) is 0 Å². The van der Waals surface area contributed by atoms with Gasteiger partial charge in [0.2, 0.25) is 5.91 Å². The summed E-state index contributed by atoms with van der Waals surface area (Å²) in [4.78, 5) is 18.5. The van der Waals surface area contributed by atoms with Gasteiger partial charge in [0.05, 0.1) is 11.9 Å². The van der Waals surface area contributed by atoms with E-state index in [0.717, 1.165) is 18.7 Å². The van der Waals surface area contributed by atoms with Crippen LogP contribution in [0.1, 0.15) is 23.6 Å². The minimum Gasteiger partial charge on any atom is -0.325 e. The van der Waals surface area contributed by atoms with E-state index in [1.807, 2.05) is 18.2 Å². The first kappa shape index (κ1) is 13.8. The Morgan fingerprint density at radius 3 is 3.00 bits per heavy atom. The molecule has 0 saturated heterocycles. The second-order valence-corrected chi connectivity index (χ2v) is 5.44. The summed E-state index contributed by atoms with van der Waals surface area (Å²) in [5.74, 6) is 0.0246. The van der Waals surface area contributed by atoms with Crippen LogP contribution in [0.4, 0.5) is 5.69 Å². The number of carbonyl (C=O) groups excluding carboxylic acids is 1. The molecule has 3 rings (SSSR count). The van der Waals surface area contributed by atoms with Gasteiger partial charge < -0.3 is 5.32 Å². The molecule has 1 aromatic carbocycles. The normalized spacial score (nSPS) is 18.0. The van der Waals surface area contributed by atoms with Gasteiger partial charge in [-0.25, -0.2) is 0 Å². The Labute approximate surface area is 124 Å². The van der Waals surface area contributed by atoms with Crippen LogP contribution < -0.4 is 5.32 Å². The SMILES string of the molecule is CN1CCc2ccccc2[C@H]1CC(=O)Nc1cccnc1. The minimum absolute atomic E-state index is 0.0246. The molecule has 2 heterocycles. The Bertz CT molecular complexity index is 627. The lowest BCUT2D eigenvalue weighted by atomic mass is 9.91. The molecule has 4 nitrogen and oxygen atoms in total. The molecule has 1 amide bonds. The van der Waals surface area contributed by atoms with Gasteiger partial charge in [-0.2, -0.15) is 0 Å².